The first kappa shape index (κ1) is 15.9. The number of hydrogen-bond donors (Lipinski definition) is 6. The molecule has 0 aliphatic carbocycles. The Morgan fingerprint density at radius 2 is 2.13 bits per heavy atom. The Morgan fingerprint density at radius 1 is 1.35 bits per heavy atom. The van der Waals surface area contributed by atoms with Gasteiger partial charge in [0.25, 0.3) is 5.91 Å². The summed E-state index contributed by atoms with van der Waals surface area (Å²) < 4.78 is 1.49. The van der Waals surface area contributed by atoms with E-state index in [2.05, 4.69) is 62.4 Å². The first-order chi connectivity index (χ1) is 10.9. The van der Waals surface area contributed by atoms with E-state index >= 15 is 0 Å². The molecule has 0 spiro atoms. The van der Waals surface area contributed by atoms with Crippen LogP contribution in [0.3, 0.4) is 0 Å². The molecule has 3 rings (SSSR count). The lowest BCUT2D eigenvalue weighted by molar-refractivity contribution is 0.0945. The summed E-state index contributed by atoms with van der Waals surface area (Å²) >= 11 is 6.62. The summed E-state index contributed by atoms with van der Waals surface area (Å²) in [6.07, 6.45) is 1.61. The number of carbonyl (C=O) groups excluding carboxylic acids is 1. The summed E-state index contributed by atoms with van der Waals surface area (Å²) in [5, 5.41) is 5.87. The molecule has 0 fully saturated rings. The van der Waals surface area contributed by atoms with Crippen LogP contribution in [0.1, 0.15) is 22.2 Å². The highest BCUT2D eigenvalue weighted by atomic mass is 79.9. The lowest BCUT2D eigenvalue weighted by Gasteiger charge is -2.17. The number of halogens is 2. The maximum absolute atomic E-state index is 12.2. The van der Waals surface area contributed by atoms with E-state index < -0.39 is 0 Å². The third-order valence-electron chi connectivity index (χ3n) is 3.38. The van der Waals surface area contributed by atoms with Crippen molar-refractivity contribution < 1.29 is 4.79 Å². The highest BCUT2D eigenvalue weighted by molar-refractivity contribution is 9.13. The molecule has 0 saturated heterocycles. The van der Waals surface area contributed by atoms with Crippen LogP contribution in [0.15, 0.2) is 26.3 Å². The predicted molar refractivity (Wildman–Crippen MR) is 92.8 cm³/mol. The summed E-state index contributed by atoms with van der Waals surface area (Å²) in [5.74, 6) is 0.392. The van der Waals surface area contributed by atoms with Crippen molar-refractivity contribution in [3.63, 3.8) is 0 Å². The SMILES string of the molecule is NC1=NC(c2cnc(N)[nH]2)C(CNC(=O)c2cc(Br)c(Br)[nH]2)N1. The number of nitrogen functional groups attached to an aromatic ring is 1. The van der Waals surface area contributed by atoms with Crippen LogP contribution in [-0.4, -0.2) is 39.4 Å². The maximum Gasteiger partial charge on any atom is 0.267 e. The zero-order valence-electron chi connectivity index (χ0n) is 11.7. The van der Waals surface area contributed by atoms with Crippen LogP contribution in [0.25, 0.3) is 0 Å². The Labute approximate surface area is 148 Å². The Balaban J connectivity index is 1.66. The average molecular weight is 446 g/mol. The van der Waals surface area contributed by atoms with E-state index in [0.29, 0.717) is 28.7 Å². The van der Waals surface area contributed by atoms with Gasteiger partial charge in [0.2, 0.25) is 0 Å². The second-order valence-corrected chi connectivity index (χ2v) is 6.64. The predicted octanol–water partition coefficient (Wildman–Crippen LogP) is 0.603. The van der Waals surface area contributed by atoms with Crippen LogP contribution < -0.4 is 22.1 Å². The first-order valence-electron chi connectivity index (χ1n) is 6.66. The van der Waals surface area contributed by atoms with Crippen molar-refractivity contribution in [2.45, 2.75) is 12.1 Å². The van der Waals surface area contributed by atoms with E-state index in [0.717, 1.165) is 10.2 Å². The number of aromatic amines is 2. The maximum atomic E-state index is 12.2. The van der Waals surface area contributed by atoms with Crippen LogP contribution in [0, 0.1) is 0 Å². The second kappa shape index (κ2) is 6.24. The van der Waals surface area contributed by atoms with Gasteiger partial charge in [-0.25, -0.2) is 9.98 Å². The van der Waals surface area contributed by atoms with Gasteiger partial charge in [-0.3, -0.25) is 4.79 Å². The van der Waals surface area contributed by atoms with Crippen LogP contribution in [0.2, 0.25) is 0 Å². The molecule has 2 aromatic rings. The molecule has 11 heteroatoms. The molecule has 9 nitrogen and oxygen atoms in total. The summed E-state index contributed by atoms with van der Waals surface area (Å²) in [5.41, 5.74) is 12.5. The van der Waals surface area contributed by atoms with E-state index in [1.165, 1.54) is 0 Å². The quantitative estimate of drug-likeness (QED) is 0.407. The van der Waals surface area contributed by atoms with Crippen molar-refractivity contribution in [2.75, 3.05) is 12.3 Å². The molecular weight excluding hydrogens is 432 g/mol. The summed E-state index contributed by atoms with van der Waals surface area (Å²) in [7, 11) is 0. The molecule has 1 aliphatic rings. The Hall–Kier alpha value is -2.01. The third-order valence-corrected chi connectivity index (χ3v) is 5.16. The lowest BCUT2D eigenvalue weighted by Crippen LogP contribution is -2.44. The van der Waals surface area contributed by atoms with Crippen LogP contribution in [0.5, 0.6) is 0 Å². The molecule has 0 saturated carbocycles. The second-order valence-electron chi connectivity index (χ2n) is 4.99. The normalized spacial score (nSPS) is 20.2. The van der Waals surface area contributed by atoms with E-state index in [1.54, 1.807) is 12.3 Å². The molecule has 1 amide bonds. The fourth-order valence-corrected chi connectivity index (χ4v) is 2.98. The van der Waals surface area contributed by atoms with Gasteiger partial charge in [-0.15, -0.1) is 0 Å². The monoisotopic (exact) mass is 444 g/mol. The molecule has 122 valence electrons. The minimum absolute atomic E-state index is 0.194. The number of nitrogens with zero attached hydrogens (tertiary/aromatic N) is 2. The van der Waals surface area contributed by atoms with Gasteiger partial charge < -0.3 is 32.1 Å². The van der Waals surface area contributed by atoms with Crippen LogP contribution in [-0.2, 0) is 0 Å². The molecule has 2 atom stereocenters. The number of aliphatic imine (C=N–C) groups is 1. The zero-order valence-corrected chi connectivity index (χ0v) is 14.9. The Kier molecular flexibility index (Phi) is 4.31. The van der Waals surface area contributed by atoms with E-state index in [4.69, 9.17) is 11.5 Å². The number of aromatic nitrogens is 3. The molecule has 0 aromatic carbocycles. The van der Waals surface area contributed by atoms with Gasteiger partial charge in [-0.05, 0) is 37.9 Å². The van der Waals surface area contributed by atoms with Crippen molar-refractivity contribution in [3.8, 4) is 0 Å². The standard InChI is InChI=1S/C12H14Br2N8O/c13-4-1-5(19-9(4)14)10(23)17-2-6-8(22-12(16)21-6)7-3-18-11(15)20-7/h1,3,6,8,19H,2H2,(H,17,23)(H3,15,18,20)(H3,16,21,22). The van der Waals surface area contributed by atoms with Gasteiger partial charge in [0, 0.05) is 6.54 Å². The minimum Gasteiger partial charge on any atom is -0.370 e. The van der Waals surface area contributed by atoms with Gasteiger partial charge in [0.1, 0.15) is 11.7 Å². The fourth-order valence-electron chi connectivity index (χ4n) is 2.32. The Bertz CT molecular complexity index is 747. The van der Waals surface area contributed by atoms with Gasteiger partial charge in [-0.2, -0.15) is 0 Å². The summed E-state index contributed by atoms with van der Waals surface area (Å²) in [6, 6.07) is 1.21. The number of imidazole rings is 1. The van der Waals surface area contributed by atoms with Gasteiger partial charge in [0.15, 0.2) is 11.9 Å². The molecular formula is C12H14Br2N8O. The molecule has 8 N–H and O–H groups in total. The zero-order chi connectivity index (χ0) is 16.6. The molecule has 2 aromatic heterocycles. The van der Waals surface area contributed by atoms with E-state index in [9.17, 15) is 4.79 Å². The topological polar surface area (TPSA) is 150 Å². The average Bonchev–Trinajstić information content (AvgIpc) is 3.17. The summed E-state index contributed by atoms with van der Waals surface area (Å²) in [6.45, 7) is 0.334. The number of amides is 1. The number of H-pyrrole nitrogens is 2. The largest absolute Gasteiger partial charge is 0.370 e. The molecule has 2 unspecified atom stereocenters. The van der Waals surface area contributed by atoms with Crippen LogP contribution in [0.4, 0.5) is 5.95 Å². The number of carbonyl (C=O) groups is 1. The highest BCUT2D eigenvalue weighted by Crippen LogP contribution is 2.24. The van der Waals surface area contributed by atoms with Crippen molar-refractivity contribution in [1.82, 2.24) is 25.6 Å². The number of guanidine groups is 1. The first-order valence-corrected chi connectivity index (χ1v) is 8.25. The smallest absolute Gasteiger partial charge is 0.267 e. The fraction of sp³-hybridized carbons (Fsp3) is 0.250. The molecule has 0 radical (unpaired) electrons. The van der Waals surface area contributed by atoms with Crippen molar-refractivity contribution in [2.24, 2.45) is 10.7 Å². The van der Waals surface area contributed by atoms with E-state index in [-0.39, 0.29) is 18.0 Å². The number of nitrogens with one attached hydrogen (secondary N) is 4. The number of rotatable bonds is 4. The van der Waals surface area contributed by atoms with E-state index in [1.807, 2.05) is 0 Å². The number of nitrogens with two attached hydrogens (primary N) is 2. The van der Waals surface area contributed by atoms with Gasteiger partial charge in [-0.1, -0.05) is 0 Å². The number of hydrogen-bond acceptors (Lipinski definition) is 6. The third kappa shape index (κ3) is 3.34. The van der Waals surface area contributed by atoms with Crippen molar-refractivity contribution in [3.05, 3.63) is 32.7 Å². The van der Waals surface area contributed by atoms with Crippen LogP contribution >= 0.6 is 31.9 Å². The van der Waals surface area contributed by atoms with Gasteiger partial charge >= 0.3 is 0 Å². The molecule has 23 heavy (non-hydrogen) atoms. The minimum atomic E-state index is -0.290. The van der Waals surface area contributed by atoms with Crippen molar-refractivity contribution in [1.29, 1.82) is 0 Å². The molecule has 0 bridgehead atoms. The number of anilines is 1. The van der Waals surface area contributed by atoms with Crippen molar-refractivity contribution >= 4 is 49.7 Å². The summed E-state index contributed by atoms with van der Waals surface area (Å²) in [4.78, 5) is 26.3. The highest BCUT2D eigenvalue weighted by Gasteiger charge is 2.30. The Morgan fingerprint density at radius 3 is 2.74 bits per heavy atom. The lowest BCUT2D eigenvalue weighted by atomic mass is 10.1. The molecule has 3 heterocycles. The molecule has 1 aliphatic heterocycles. The van der Waals surface area contributed by atoms with Gasteiger partial charge in [0.05, 0.1) is 27.0 Å².